The van der Waals surface area contributed by atoms with Gasteiger partial charge in [-0.1, -0.05) is 19.3 Å². The van der Waals surface area contributed by atoms with Gasteiger partial charge >= 0.3 is 5.69 Å². The number of sulfonamides is 1. The van der Waals surface area contributed by atoms with Crippen LogP contribution < -0.4 is 16.0 Å². The van der Waals surface area contributed by atoms with Crippen molar-refractivity contribution in [1.82, 2.24) is 14.7 Å². The minimum absolute atomic E-state index is 0.326. The predicted octanol–water partition coefficient (Wildman–Crippen LogP) is -0.963. The topological polar surface area (TPSA) is 132 Å². The van der Waals surface area contributed by atoms with Gasteiger partial charge in [0.05, 0.1) is 12.1 Å². The van der Waals surface area contributed by atoms with Gasteiger partial charge in [-0.3, -0.25) is 9.78 Å². The van der Waals surface area contributed by atoms with Gasteiger partial charge in [0.15, 0.2) is 4.90 Å². The molecule has 2 rings (SSSR count). The lowest BCUT2D eigenvalue weighted by atomic mass is 9.83. The lowest BCUT2D eigenvalue weighted by Crippen LogP contribution is -2.53. The molecule has 20 heavy (non-hydrogen) atoms. The molecule has 0 radical (unpaired) electrons. The van der Waals surface area contributed by atoms with E-state index in [1.54, 1.807) is 0 Å². The van der Waals surface area contributed by atoms with Gasteiger partial charge in [0.2, 0.25) is 10.0 Å². The normalized spacial score (nSPS) is 18.9. The molecule has 0 atom stereocenters. The standard InChI is InChI=1S/C11H17N3O5S/c15-7-11(4-2-1-3-5-11)14-20(18,19)8-6-12-10(17)13-9(8)16/h6,14-15H,1-5,7H2,(H2,12,13,16,17). The number of aliphatic hydroxyl groups is 1. The summed E-state index contributed by atoms with van der Waals surface area (Å²) in [6.07, 6.45) is 4.50. The largest absolute Gasteiger partial charge is 0.394 e. The Morgan fingerprint density at radius 3 is 2.45 bits per heavy atom. The van der Waals surface area contributed by atoms with Crippen LogP contribution in [-0.2, 0) is 10.0 Å². The summed E-state index contributed by atoms with van der Waals surface area (Å²) in [6, 6.07) is 0. The van der Waals surface area contributed by atoms with Gasteiger partial charge in [0, 0.05) is 6.20 Å². The predicted molar refractivity (Wildman–Crippen MR) is 70.9 cm³/mol. The fourth-order valence-electron chi connectivity index (χ4n) is 2.46. The molecule has 1 aromatic heterocycles. The Labute approximate surface area is 115 Å². The maximum absolute atomic E-state index is 12.2. The molecule has 1 saturated carbocycles. The van der Waals surface area contributed by atoms with Crippen molar-refractivity contribution in [2.24, 2.45) is 0 Å². The number of H-pyrrole nitrogens is 2. The van der Waals surface area contributed by atoms with Gasteiger partial charge in [-0.25, -0.2) is 17.9 Å². The van der Waals surface area contributed by atoms with Crippen molar-refractivity contribution in [3.05, 3.63) is 27.0 Å². The van der Waals surface area contributed by atoms with Crippen molar-refractivity contribution < 1.29 is 13.5 Å². The van der Waals surface area contributed by atoms with Crippen LogP contribution >= 0.6 is 0 Å². The number of nitrogens with one attached hydrogen (secondary N) is 3. The Morgan fingerprint density at radius 1 is 1.25 bits per heavy atom. The first kappa shape index (κ1) is 14.9. The van der Waals surface area contributed by atoms with E-state index in [-0.39, 0.29) is 6.61 Å². The van der Waals surface area contributed by atoms with E-state index in [0.29, 0.717) is 12.8 Å². The lowest BCUT2D eigenvalue weighted by Gasteiger charge is -2.35. The molecule has 1 fully saturated rings. The number of aliphatic hydroxyl groups excluding tert-OH is 1. The molecule has 4 N–H and O–H groups in total. The summed E-state index contributed by atoms with van der Waals surface area (Å²) < 4.78 is 26.9. The molecule has 0 bridgehead atoms. The number of rotatable bonds is 4. The number of hydrogen-bond donors (Lipinski definition) is 4. The molecule has 1 aliphatic rings. The third-order valence-electron chi connectivity index (χ3n) is 3.54. The highest BCUT2D eigenvalue weighted by Gasteiger charge is 2.36. The zero-order valence-corrected chi connectivity index (χ0v) is 11.6. The molecule has 0 aliphatic heterocycles. The van der Waals surface area contributed by atoms with E-state index in [9.17, 15) is 23.1 Å². The van der Waals surface area contributed by atoms with Crippen LogP contribution in [0, 0.1) is 0 Å². The van der Waals surface area contributed by atoms with Crippen molar-refractivity contribution in [2.45, 2.75) is 42.5 Å². The molecule has 1 aromatic rings. The second-order valence-electron chi connectivity index (χ2n) is 5.04. The molecule has 0 unspecified atom stereocenters. The number of aromatic amines is 2. The van der Waals surface area contributed by atoms with Gasteiger partial charge < -0.3 is 10.1 Å². The fourth-order valence-corrected chi connectivity index (χ4v) is 3.92. The summed E-state index contributed by atoms with van der Waals surface area (Å²) >= 11 is 0. The second-order valence-corrected chi connectivity index (χ2v) is 6.69. The van der Waals surface area contributed by atoms with Gasteiger partial charge in [0.25, 0.3) is 5.56 Å². The molecule has 8 nitrogen and oxygen atoms in total. The van der Waals surface area contributed by atoms with Gasteiger partial charge in [0.1, 0.15) is 0 Å². The maximum atomic E-state index is 12.2. The fraction of sp³-hybridized carbons (Fsp3) is 0.636. The van der Waals surface area contributed by atoms with Gasteiger partial charge in [-0.05, 0) is 12.8 Å². The zero-order chi connectivity index (χ0) is 14.8. The molecular formula is C11H17N3O5S. The molecular weight excluding hydrogens is 286 g/mol. The molecule has 0 aromatic carbocycles. The summed E-state index contributed by atoms with van der Waals surface area (Å²) in [6.45, 7) is -0.326. The van der Waals surface area contributed by atoms with E-state index in [0.717, 1.165) is 25.5 Å². The summed E-state index contributed by atoms with van der Waals surface area (Å²) in [5, 5.41) is 9.49. The monoisotopic (exact) mass is 303 g/mol. The van der Waals surface area contributed by atoms with Crippen molar-refractivity contribution in [3.8, 4) is 0 Å². The SMILES string of the molecule is O=c1[nH]cc(S(=O)(=O)NC2(CO)CCCCC2)c(=O)[nH]1. The molecule has 112 valence electrons. The third-order valence-corrected chi connectivity index (χ3v) is 5.12. The Kier molecular flexibility index (Phi) is 4.11. The highest BCUT2D eigenvalue weighted by atomic mass is 32.2. The van der Waals surface area contributed by atoms with Gasteiger partial charge in [-0.2, -0.15) is 0 Å². The zero-order valence-electron chi connectivity index (χ0n) is 10.8. The molecule has 9 heteroatoms. The van der Waals surface area contributed by atoms with E-state index in [2.05, 4.69) is 9.71 Å². The Hall–Kier alpha value is -1.45. The number of aromatic nitrogens is 2. The summed E-state index contributed by atoms with van der Waals surface area (Å²) in [5.41, 5.74) is -2.69. The van der Waals surface area contributed by atoms with Crippen molar-refractivity contribution >= 4 is 10.0 Å². The molecule has 1 aliphatic carbocycles. The van der Waals surface area contributed by atoms with E-state index >= 15 is 0 Å². The lowest BCUT2D eigenvalue weighted by molar-refractivity contribution is 0.142. The summed E-state index contributed by atoms with van der Waals surface area (Å²) in [7, 11) is -4.10. The van der Waals surface area contributed by atoms with Crippen LogP contribution in [-0.4, -0.2) is 35.6 Å². The van der Waals surface area contributed by atoms with E-state index in [4.69, 9.17) is 0 Å². The van der Waals surface area contributed by atoms with Gasteiger partial charge in [-0.15, -0.1) is 0 Å². The average molecular weight is 303 g/mol. The molecule has 1 heterocycles. The van der Waals surface area contributed by atoms with Crippen LogP contribution in [0.25, 0.3) is 0 Å². The van der Waals surface area contributed by atoms with Crippen molar-refractivity contribution in [2.75, 3.05) is 6.61 Å². The van der Waals surface area contributed by atoms with E-state index < -0.39 is 31.7 Å². The first-order chi connectivity index (χ1) is 9.38. The average Bonchev–Trinajstić information content (AvgIpc) is 2.38. The van der Waals surface area contributed by atoms with Crippen molar-refractivity contribution in [3.63, 3.8) is 0 Å². The van der Waals surface area contributed by atoms with Crippen LogP contribution in [0.4, 0.5) is 0 Å². The second kappa shape index (κ2) is 5.51. The van der Waals surface area contributed by atoms with E-state index in [1.807, 2.05) is 4.98 Å². The Morgan fingerprint density at radius 2 is 1.90 bits per heavy atom. The Balaban J connectivity index is 2.35. The first-order valence-corrected chi connectivity index (χ1v) is 7.84. The van der Waals surface area contributed by atoms with Crippen LogP contribution in [0.1, 0.15) is 32.1 Å². The quantitative estimate of drug-likeness (QED) is 0.568. The molecule has 0 spiro atoms. The smallest absolute Gasteiger partial charge is 0.325 e. The third kappa shape index (κ3) is 3.00. The number of hydrogen-bond acceptors (Lipinski definition) is 5. The molecule has 0 saturated heterocycles. The van der Waals surface area contributed by atoms with Crippen LogP contribution in [0.3, 0.4) is 0 Å². The highest BCUT2D eigenvalue weighted by Crippen LogP contribution is 2.29. The molecule has 0 amide bonds. The van der Waals surface area contributed by atoms with Crippen LogP contribution in [0.15, 0.2) is 20.7 Å². The van der Waals surface area contributed by atoms with Crippen LogP contribution in [0.5, 0.6) is 0 Å². The van der Waals surface area contributed by atoms with Crippen LogP contribution in [0.2, 0.25) is 0 Å². The van der Waals surface area contributed by atoms with E-state index in [1.165, 1.54) is 0 Å². The minimum Gasteiger partial charge on any atom is -0.394 e. The maximum Gasteiger partial charge on any atom is 0.325 e. The summed E-state index contributed by atoms with van der Waals surface area (Å²) in [4.78, 5) is 25.9. The Bertz CT molecular complexity index is 685. The highest BCUT2D eigenvalue weighted by molar-refractivity contribution is 7.89. The van der Waals surface area contributed by atoms with Crippen molar-refractivity contribution in [1.29, 1.82) is 0 Å². The summed E-state index contributed by atoms with van der Waals surface area (Å²) in [5.74, 6) is 0. The minimum atomic E-state index is -4.10. The first-order valence-electron chi connectivity index (χ1n) is 6.35.